The first-order chi connectivity index (χ1) is 5.15. The average molecular weight is 166 g/mol. The van der Waals surface area contributed by atoms with Crippen LogP contribution in [0.2, 0.25) is 0 Å². The van der Waals surface area contributed by atoms with Crippen molar-refractivity contribution in [1.82, 2.24) is 0 Å². The molecule has 0 aliphatic carbocycles. The molecule has 0 fully saturated rings. The quantitative estimate of drug-likeness (QED) is 0.562. The van der Waals surface area contributed by atoms with Gasteiger partial charge in [-0.25, -0.2) is 0 Å². The fourth-order valence-corrected chi connectivity index (χ4v) is 1.68. The predicted octanol–water partition coefficient (Wildman–Crippen LogP) is 2.99. The smallest absolute Gasteiger partial charge is 0.0126 e. The molecule has 0 nitrogen and oxygen atoms in total. The Morgan fingerprint density at radius 3 is 2.09 bits per heavy atom. The van der Waals surface area contributed by atoms with Gasteiger partial charge in [0.2, 0.25) is 0 Å². The molecule has 0 saturated carbocycles. The Kier molecular flexibility index (Phi) is 2.67. The van der Waals surface area contributed by atoms with Crippen LogP contribution in [0.5, 0.6) is 0 Å². The molecule has 60 valence electrons. The summed E-state index contributed by atoms with van der Waals surface area (Å²) in [6.45, 7) is 6.50. The minimum atomic E-state index is 1.06. The molecule has 0 radical (unpaired) electrons. The number of hydrogen-bond donors (Lipinski definition) is 0. The number of benzene rings is 1. The minimum absolute atomic E-state index is 1.06. The molecule has 0 spiro atoms. The van der Waals surface area contributed by atoms with E-state index in [1.165, 1.54) is 22.3 Å². The van der Waals surface area contributed by atoms with Gasteiger partial charge in [-0.1, -0.05) is 12.1 Å². The second-order valence-corrected chi connectivity index (χ2v) is 3.48. The van der Waals surface area contributed by atoms with Crippen LogP contribution < -0.4 is 0 Å². The molecule has 0 aliphatic heterocycles. The number of aryl methyl sites for hydroxylation is 3. The Morgan fingerprint density at radius 2 is 1.55 bits per heavy atom. The lowest BCUT2D eigenvalue weighted by atomic mass is 10.0. The Labute approximate surface area is 71.2 Å². The van der Waals surface area contributed by atoms with Gasteiger partial charge in [0.25, 0.3) is 0 Å². The summed E-state index contributed by atoms with van der Waals surface area (Å²) in [7, 11) is 2.77. The van der Waals surface area contributed by atoms with Gasteiger partial charge in [0, 0.05) is 0 Å². The summed E-state index contributed by atoms with van der Waals surface area (Å²) in [6, 6.07) is 4.53. The number of hydrogen-bond acceptors (Lipinski definition) is 0. The summed E-state index contributed by atoms with van der Waals surface area (Å²) in [5, 5.41) is 0. The molecule has 0 amide bonds. The molecule has 1 aromatic carbocycles. The molecule has 1 atom stereocenters. The summed E-state index contributed by atoms with van der Waals surface area (Å²) in [4.78, 5) is 0. The van der Waals surface area contributed by atoms with E-state index in [0.717, 1.165) is 6.16 Å². The van der Waals surface area contributed by atoms with Crippen molar-refractivity contribution in [3.63, 3.8) is 0 Å². The van der Waals surface area contributed by atoms with E-state index in [1.807, 2.05) is 0 Å². The highest BCUT2D eigenvalue weighted by Crippen LogP contribution is 2.17. The third-order valence-electron chi connectivity index (χ3n) is 2.17. The monoisotopic (exact) mass is 166 g/mol. The van der Waals surface area contributed by atoms with Gasteiger partial charge in [-0.05, 0) is 49.2 Å². The van der Waals surface area contributed by atoms with Gasteiger partial charge >= 0.3 is 0 Å². The van der Waals surface area contributed by atoms with Crippen molar-refractivity contribution in [2.24, 2.45) is 0 Å². The zero-order chi connectivity index (χ0) is 8.43. The maximum Gasteiger partial charge on any atom is -0.0126 e. The largest absolute Gasteiger partial charge is 0.133 e. The summed E-state index contributed by atoms with van der Waals surface area (Å²) >= 11 is 0. The molecule has 11 heavy (non-hydrogen) atoms. The van der Waals surface area contributed by atoms with Crippen molar-refractivity contribution in [2.75, 3.05) is 0 Å². The maximum absolute atomic E-state index is 2.77. The van der Waals surface area contributed by atoms with Crippen molar-refractivity contribution in [3.05, 3.63) is 34.4 Å². The molecule has 1 aromatic rings. The van der Waals surface area contributed by atoms with Gasteiger partial charge in [0.15, 0.2) is 0 Å². The molecule has 1 rings (SSSR count). The van der Waals surface area contributed by atoms with E-state index in [0.29, 0.717) is 0 Å². The van der Waals surface area contributed by atoms with Gasteiger partial charge in [0.05, 0.1) is 0 Å². The first kappa shape index (κ1) is 8.74. The highest BCUT2D eigenvalue weighted by Gasteiger charge is 1.98. The third-order valence-corrected chi connectivity index (χ3v) is 2.61. The molecule has 0 heterocycles. The van der Waals surface area contributed by atoms with Crippen molar-refractivity contribution < 1.29 is 0 Å². The van der Waals surface area contributed by atoms with E-state index < -0.39 is 0 Å². The molecular weight excluding hydrogens is 151 g/mol. The molecule has 1 heteroatoms. The molecule has 0 aromatic heterocycles. The first-order valence-electron chi connectivity index (χ1n) is 3.92. The van der Waals surface area contributed by atoms with Crippen LogP contribution >= 0.6 is 9.24 Å². The van der Waals surface area contributed by atoms with Crippen molar-refractivity contribution in [3.8, 4) is 0 Å². The van der Waals surface area contributed by atoms with Crippen LogP contribution in [0.25, 0.3) is 0 Å². The fraction of sp³-hybridized carbons (Fsp3) is 0.400. The normalized spacial score (nSPS) is 10.2. The average Bonchev–Trinajstić information content (AvgIpc) is 1.97. The van der Waals surface area contributed by atoms with Crippen LogP contribution in [0.3, 0.4) is 0 Å². The SMILES string of the molecule is Cc1cc(C)c(CP)cc1C. The van der Waals surface area contributed by atoms with Gasteiger partial charge in [-0.15, -0.1) is 9.24 Å². The lowest BCUT2D eigenvalue weighted by Crippen LogP contribution is -1.89. The Bertz CT molecular complexity index is 264. The van der Waals surface area contributed by atoms with E-state index >= 15 is 0 Å². The van der Waals surface area contributed by atoms with E-state index in [2.05, 4.69) is 42.1 Å². The van der Waals surface area contributed by atoms with Crippen LogP contribution in [0.15, 0.2) is 12.1 Å². The molecule has 0 bridgehead atoms. The van der Waals surface area contributed by atoms with Gasteiger partial charge in [-0.3, -0.25) is 0 Å². The zero-order valence-electron chi connectivity index (χ0n) is 7.44. The van der Waals surface area contributed by atoms with E-state index in [-0.39, 0.29) is 0 Å². The van der Waals surface area contributed by atoms with Crippen LogP contribution in [0.4, 0.5) is 0 Å². The fourth-order valence-electron chi connectivity index (χ4n) is 1.24. The van der Waals surface area contributed by atoms with Gasteiger partial charge < -0.3 is 0 Å². The Balaban J connectivity index is 3.21. The highest BCUT2D eigenvalue weighted by atomic mass is 31.0. The van der Waals surface area contributed by atoms with E-state index in [4.69, 9.17) is 0 Å². The summed E-state index contributed by atoms with van der Waals surface area (Å²) in [6.07, 6.45) is 1.06. The zero-order valence-corrected chi connectivity index (χ0v) is 8.59. The van der Waals surface area contributed by atoms with Crippen LogP contribution in [-0.4, -0.2) is 0 Å². The highest BCUT2D eigenvalue weighted by molar-refractivity contribution is 7.15. The first-order valence-corrected chi connectivity index (χ1v) is 4.73. The summed E-state index contributed by atoms with van der Waals surface area (Å²) in [5.74, 6) is 0. The van der Waals surface area contributed by atoms with Crippen molar-refractivity contribution in [1.29, 1.82) is 0 Å². The van der Waals surface area contributed by atoms with Crippen LogP contribution in [0.1, 0.15) is 22.3 Å². The molecule has 0 saturated heterocycles. The maximum atomic E-state index is 2.77. The Hall–Kier alpha value is -0.350. The van der Waals surface area contributed by atoms with Crippen molar-refractivity contribution >= 4 is 9.24 Å². The lowest BCUT2D eigenvalue weighted by molar-refractivity contribution is 1.23. The molecule has 0 N–H and O–H groups in total. The molecular formula is C10H15P. The predicted molar refractivity (Wildman–Crippen MR) is 54.1 cm³/mol. The summed E-state index contributed by atoms with van der Waals surface area (Å²) in [5.41, 5.74) is 5.64. The van der Waals surface area contributed by atoms with Gasteiger partial charge in [0.1, 0.15) is 0 Å². The van der Waals surface area contributed by atoms with Crippen LogP contribution in [-0.2, 0) is 6.16 Å². The van der Waals surface area contributed by atoms with Gasteiger partial charge in [-0.2, -0.15) is 0 Å². The van der Waals surface area contributed by atoms with Crippen molar-refractivity contribution in [2.45, 2.75) is 26.9 Å². The second kappa shape index (κ2) is 3.36. The van der Waals surface area contributed by atoms with E-state index in [9.17, 15) is 0 Å². The standard InChI is InChI=1S/C10H15P/c1-7-4-9(3)10(6-11)5-8(7)2/h4-5H,6,11H2,1-3H3. The van der Waals surface area contributed by atoms with E-state index in [1.54, 1.807) is 0 Å². The summed E-state index contributed by atoms with van der Waals surface area (Å²) < 4.78 is 0. The Morgan fingerprint density at radius 1 is 1.00 bits per heavy atom. The molecule has 0 aliphatic rings. The topological polar surface area (TPSA) is 0 Å². The molecule has 1 unspecified atom stereocenters. The second-order valence-electron chi connectivity index (χ2n) is 3.07. The number of rotatable bonds is 1. The third kappa shape index (κ3) is 1.81. The lowest BCUT2D eigenvalue weighted by Gasteiger charge is -2.06. The van der Waals surface area contributed by atoms with Crippen LogP contribution in [0, 0.1) is 20.8 Å². The minimum Gasteiger partial charge on any atom is -0.133 e.